The van der Waals surface area contributed by atoms with Crippen LogP contribution >= 0.6 is 11.3 Å². The van der Waals surface area contributed by atoms with E-state index in [1.165, 1.54) is 43.2 Å². The number of aliphatic hydroxyl groups is 1. The maximum absolute atomic E-state index is 15.5. The van der Waals surface area contributed by atoms with E-state index in [2.05, 4.69) is 26.5 Å². The van der Waals surface area contributed by atoms with Crippen LogP contribution in [0.25, 0.3) is 11.3 Å². The molecule has 3 heterocycles. The summed E-state index contributed by atoms with van der Waals surface area (Å²) in [7, 11) is 3.40. The zero-order valence-corrected chi connectivity index (χ0v) is 29.0. The van der Waals surface area contributed by atoms with Gasteiger partial charge in [-0.15, -0.1) is 15.9 Å². The Bertz CT molecular complexity index is 1990. The second kappa shape index (κ2) is 15.6. The Balaban J connectivity index is 1.37. The third-order valence-corrected chi connectivity index (χ3v) is 9.27. The van der Waals surface area contributed by atoms with Crippen molar-refractivity contribution in [2.45, 2.75) is 31.6 Å². The van der Waals surface area contributed by atoms with E-state index in [-0.39, 0.29) is 31.1 Å². The van der Waals surface area contributed by atoms with E-state index >= 15 is 4.39 Å². The molecule has 2 aromatic heterocycles. The largest absolute Gasteiger partial charge is 0.443 e. The van der Waals surface area contributed by atoms with E-state index in [4.69, 9.17) is 19.7 Å². The third-order valence-electron chi connectivity index (χ3n) is 8.24. The number of carbonyl (C=O) groups excluding carboxylic acids is 2. The summed E-state index contributed by atoms with van der Waals surface area (Å²) in [4.78, 5) is 39.4. The quantitative estimate of drug-likeness (QED) is 0.103. The van der Waals surface area contributed by atoms with Gasteiger partial charge in [0.2, 0.25) is 6.34 Å². The number of anilines is 1. The summed E-state index contributed by atoms with van der Waals surface area (Å²) in [5.41, 5.74) is 0.0538. The highest BCUT2D eigenvalue weighted by atomic mass is 32.1. The number of carbonyl (C=O) groups is 2. The summed E-state index contributed by atoms with van der Waals surface area (Å²) in [6, 6.07) is 15.2. The number of aromatic nitrogens is 2. The molecule has 0 saturated carbocycles. The van der Waals surface area contributed by atoms with Crippen LogP contribution in [-0.4, -0.2) is 83.1 Å². The molecular formula is C35H35F2N8O5S+. The molecule has 0 saturated heterocycles. The van der Waals surface area contributed by atoms with Gasteiger partial charge < -0.3 is 14.6 Å². The highest BCUT2D eigenvalue weighted by Crippen LogP contribution is 2.42. The molecule has 0 radical (unpaired) electrons. The van der Waals surface area contributed by atoms with Crippen LogP contribution in [0.2, 0.25) is 0 Å². The fraction of sp³-hybridized carbons (Fsp3) is 0.286. The van der Waals surface area contributed by atoms with E-state index < -0.39 is 46.0 Å². The summed E-state index contributed by atoms with van der Waals surface area (Å²) in [5.74, 6) is -3.02. The average Bonchev–Trinajstić information content (AvgIpc) is 3.77. The Morgan fingerprint density at radius 1 is 1.18 bits per heavy atom. The second-order valence-electron chi connectivity index (χ2n) is 12.0. The minimum absolute atomic E-state index is 0.0253. The summed E-state index contributed by atoms with van der Waals surface area (Å²) in [5, 5.41) is 30.9. The molecule has 0 bridgehead atoms. The number of nitriles is 1. The summed E-state index contributed by atoms with van der Waals surface area (Å²) in [6.45, 7) is 2.42. The molecule has 1 aliphatic rings. The Morgan fingerprint density at radius 3 is 2.59 bits per heavy atom. The number of quaternary nitrogens is 1. The summed E-state index contributed by atoms with van der Waals surface area (Å²) in [6.07, 6.45) is 2.47. The van der Waals surface area contributed by atoms with Crippen LogP contribution in [0.15, 0.2) is 76.3 Å². The molecule has 13 nitrogen and oxygen atoms in total. The van der Waals surface area contributed by atoms with Crippen LogP contribution in [0, 0.1) is 23.0 Å². The molecule has 2 N–H and O–H groups in total. The van der Waals surface area contributed by atoms with Crippen LogP contribution in [0.3, 0.4) is 0 Å². The van der Waals surface area contributed by atoms with Crippen molar-refractivity contribution >= 4 is 41.9 Å². The van der Waals surface area contributed by atoms with E-state index in [1.807, 2.05) is 0 Å². The van der Waals surface area contributed by atoms with Crippen molar-refractivity contribution in [3.05, 3.63) is 99.5 Å². The molecule has 0 fully saturated rings. The number of halogens is 2. The standard InChI is InChI=1S/C35H34F2N8O5S/c1-22(32-42-30(18-51-32)25-9-7-24(17-38)8-10-25)35(48,28-12-11-26(36)16-29(28)37)19-45(21-39-20-41-45)14-15-49-34(47)43-31-27(6-5-13-40-31)33(44(3)4)50-23(2)46/h5-13,16,18,20-22,33,48H,14-15,19H2,1-4H3/p+1/t22-,33?,35+,45?/m0/s1. The van der Waals surface area contributed by atoms with Crippen molar-refractivity contribution in [1.82, 2.24) is 14.9 Å². The Hall–Kier alpha value is -5.47. The van der Waals surface area contributed by atoms with Crippen molar-refractivity contribution < 1.29 is 37.5 Å². The Morgan fingerprint density at radius 2 is 1.94 bits per heavy atom. The molecule has 2 unspecified atom stereocenters. The highest BCUT2D eigenvalue weighted by Gasteiger charge is 2.49. The van der Waals surface area contributed by atoms with E-state index in [9.17, 15) is 19.1 Å². The van der Waals surface area contributed by atoms with Gasteiger partial charge in [0.1, 0.15) is 37.1 Å². The lowest BCUT2D eigenvalue weighted by Crippen LogP contribution is -2.54. The molecule has 0 spiro atoms. The van der Waals surface area contributed by atoms with Gasteiger partial charge in [-0.25, -0.2) is 23.5 Å². The summed E-state index contributed by atoms with van der Waals surface area (Å²) < 4.78 is 40.0. The molecule has 1 aliphatic heterocycles. The minimum Gasteiger partial charge on any atom is -0.443 e. The van der Waals surface area contributed by atoms with Gasteiger partial charge in [-0.3, -0.25) is 15.0 Å². The number of pyridine rings is 1. The number of amides is 1. The lowest BCUT2D eigenvalue weighted by Gasteiger charge is -2.38. The van der Waals surface area contributed by atoms with Gasteiger partial charge in [0.25, 0.3) is 0 Å². The third kappa shape index (κ3) is 8.47. The predicted molar refractivity (Wildman–Crippen MR) is 185 cm³/mol. The lowest BCUT2D eigenvalue weighted by atomic mass is 9.81. The molecule has 4 atom stereocenters. The summed E-state index contributed by atoms with van der Waals surface area (Å²) >= 11 is 1.25. The topological polar surface area (TPSA) is 162 Å². The van der Waals surface area contributed by atoms with Crippen LogP contribution in [0.5, 0.6) is 0 Å². The van der Waals surface area contributed by atoms with Crippen molar-refractivity contribution in [2.75, 3.05) is 39.1 Å². The molecule has 2 aromatic carbocycles. The van der Waals surface area contributed by atoms with Gasteiger partial charge in [0.05, 0.1) is 27.9 Å². The van der Waals surface area contributed by atoms with Crippen molar-refractivity contribution in [1.29, 1.82) is 5.26 Å². The maximum Gasteiger partial charge on any atom is 0.413 e. The normalized spacial score (nSPS) is 17.4. The van der Waals surface area contributed by atoms with Crippen molar-refractivity contribution in [3.63, 3.8) is 0 Å². The van der Waals surface area contributed by atoms with Crippen LogP contribution < -0.4 is 5.32 Å². The first-order valence-corrected chi connectivity index (χ1v) is 16.5. The molecule has 0 aliphatic carbocycles. The van der Waals surface area contributed by atoms with Crippen LogP contribution in [-0.2, 0) is 19.9 Å². The molecule has 1 amide bonds. The van der Waals surface area contributed by atoms with Crippen LogP contribution in [0.1, 0.15) is 47.7 Å². The number of hydrogen-bond donors (Lipinski definition) is 2. The number of esters is 1. The highest BCUT2D eigenvalue weighted by molar-refractivity contribution is 7.10. The number of nitrogens with zero attached hydrogens (tertiary/aromatic N) is 7. The monoisotopic (exact) mass is 717 g/mol. The first-order chi connectivity index (χ1) is 24.3. The lowest BCUT2D eigenvalue weighted by molar-refractivity contribution is -0.848. The van der Waals surface area contributed by atoms with Crippen LogP contribution in [0.4, 0.5) is 19.4 Å². The van der Waals surface area contributed by atoms with Gasteiger partial charge in [0.15, 0.2) is 18.2 Å². The van der Waals surface area contributed by atoms with Gasteiger partial charge in [0, 0.05) is 41.6 Å². The number of hydrogen-bond acceptors (Lipinski definition) is 12. The SMILES string of the molecule is CC(=O)OC(c1cccnc1NC(=O)OCC[N+]1(C[C@](O)(c2ccc(F)cc2F)[C@@H](C)c2nc(-c3ccc(C#N)cc3)cs2)C=NC=N1)N(C)C. The fourth-order valence-electron chi connectivity index (χ4n) is 5.60. The minimum atomic E-state index is -2.02. The van der Waals surface area contributed by atoms with Gasteiger partial charge in [-0.2, -0.15) is 10.3 Å². The van der Waals surface area contributed by atoms with E-state index in [0.29, 0.717) is 27.9 Å². The first-order valence-electron chi connectivity index (χ1n) is 15.7. The number of nitrogens with one attached hydrogen (secondary N) is 1. The maximum atomic E-state index is 15.5. The fourth-order valence-corrected chi connectivity index (χ4v) is 6.57. The predicted octanol–water partition coefficient (Wildman–Crippen LogP) is 5.52. The first kappa shape index (κ1) is 36.8. The van der Waals surface area contributed by atoms with E-state index in [0.717, 1.165) is 11.6 Å². The molecule has 4 aromatic rings. The molecule has 5 rings (SSSR count). The smallest absolute Gasteiger partial charge is 0.413 e. The number of aliphatic imine (C=N–C) groups is 1. The number of ether oxygens (including phenoxy) is 2. The Labute approximate surface area is 296 Å². The number of benzene rings is 2. The molecule has 264 valence electrons. The zero-order chi connectivity index (χ0) is 36.8. The van der Waals surface area contributed by atoms with Gasteiger partial charge >= 0.3 is 12.1 Å². The average molecular weight is 718 g/mol. The molecule has 16 heteroatoms. The van der Waals surface area contributed by atoms with Crippen molar-refractivity contribution in [2.24, 2.45) is 10.1 Å². The van der Waals surface area contributed by atoms with E-state index in [1.54, 1.807) is 67.7 Å². The number of rotatable bonds is 13. The number of thiazole rings is 1. The second-order valence-corrected chi connectivity index (χ2v) is 12.9. The van der Waals surface area contributed by atoms with Gasteiger partial charge in [-0.05, 0) is 44.4 Å². The zero-order valence-electron chi connectivity index (χ0n) is 28.2. The van der Waals surface area contributed by atoms with Crippen molar-refractivity contribution in [3.8, 4) is 17.3 Å². The molecule has 51 heavy (non-hydrogen) atoms. The molecular weight excluding hydrogens is 682 g/mol. The Kier molecular flexibility index (Phi) is 11.3. The van der Waals surface area contributed by atoms with Gasteiger partial charge in [-0.1, -0.05) is 30.2 Å².